The molecule has 0 aliphatic heterocycles. The summed E-state index contributed by atoms with van der Waals surface area (Å²) in [4.78, 5) is 0. The zero-order chi connectivity index (χ0) is 13.9. The van der Waals surface area contributed by atoms with Gasteiger partial charge in [-0.2, -0.15) is 0 Å². The predicted octanol–water partition coefficient (Wildman–Crippen LogP) is 4.76. The lowest BCUT2D eigenvalue weighted by Crippen LogP contribution is -1.92. The Morgan fingerprint density at radius 3 is 1.42 bits per heavy atom. The maximum Gasteiger partial charge on any atom is 0.170 e. The largest absolute Gasteiger partial charge is 0.456 e. The Kier molecular flexibility index (Phi) is 2.36. The molecule has 3 rings (SSSR count). The van der Waals surface area contributed by atoms with Crippen molar-refractivity contribution < 1.29 is 22.0 Å². The number of furan rings is 1. The van der Waals surface area contributed by atoms with Gasteiger partial charge in [-0.25, -0.2) is 17.6 Å². The van der Waals surface area contributed by atoms with Crippen molar-refractivity contribution in [3.8, 4) is 0 Å². The topological polar surface area (TPSA) is 13.1 Å². The molecule has 0 radical (unpaired) electrons. The van der Waals surface area contributed by atoms with Crippen molar-refractivity contribution in [2.24, 2.45) is 0 Å². The molecule has 0 amide bonds. The minimum atomic E-state index is -1.23. The van der Waals surface area contributed by atoms with Gasteiger partial charge in [0.2, 0.25) is 0 Å². The van der Waals surface area contributed by atoms with Crippen LogP contribution in [-0.4, -0.2) is 0 Å². The fourth-order valence-electron chi connectivity index (χ4n) is 2.19. The highest BCUT2D eigenvalue weighted by molar-refractivity contribution is 6.06. The summed E-state index contributed by atoms with van der Waals surface area (Å²) in [5.41, 5.74) is 0.0777. The fraction of sp³-hybridized carbons (Fsp3) is 0.143. The van der Waals surface area contributed by atoms with Gasteiger partial charge in [-0.05, 0) is 37.1 Å². The van der Waals surface area contributed by atoms with Crippen LogP contribution in [0.15, 0.2) is 16.5 Å². The lowest BCUT2D eigenvalue weighted by molar-refractivity contribution is 0.507. The summed E-state index contributed by atoms with van der Waals surface area (Å²) < 4.78 is 60.2. The van der Waals surface area contributed by atoms with Crippen LogP contribution in [-0.2, 0) is 0 Å². The third kappa shape index (κ3) is 1.47. The lowest BCUT2D eigenvalue weighted by Gasteiger charge is -2.01. The molecule has 0 saturated carbocycles. The molecule has 1 aromatic heterocycles. The van der Waals surface area contributed by atoms with Gasteiger partial charge in [-0.15, -0.1) is 0 Å². The number of hydrogen-bond donors (Lipinski definition) is 0. The van der Waals surface area contributed by atoms with E-state index in [1.165, 1.54) is 26.0 Å². The van der Waals surface area contributed by atoms with Crippen molar-refractivity contribution in [2.45, 2.75) is 13.8 Å². The summed E-state index contributed by atoms with van der Waals surface area (Å²) in [6, 6.07) is 2.53. The first-order chi connectivity index (χ1) is 8.91. The van der Waals surface area contributed by atoms with Gasteiger partial charge < -0.3 is 4.42 Å². The molecular formula is C14H8F4O. The Labute approximate surface area is 105 Å². The maximum atomic E-state index is 13.9. The number of hydrogen-bond acceptors (Lipinski definition) is 1. The highest BCUT2D eigenvalue weighted by Gasteiger charge is 2.22. The quantitative estimate of drug-likeness (QED) is 0.536. The molecule has 19 heavy (non-hydrogen) atoms. The molecule has 98 valence electrons. The van der Waals surface area contributed by atoms with Crippen molar-refractivity contribution in [3.63, 3.8) is 0 Å². The molecule has 0 bridgehead atoms. The Balaban J connectivity index is 2.64. The third-order valence-corrected chi connectivity index (χ3v) is 3.17. The van der Waals surface area contributed by atoms with E-state index >= 15 is 0 Å². The molecule has 0 saturated heterocycles. The van der Waals surface area contributed by atoms with E-state index in [-0.39, 0.29) is 33.1 Å². The second-order valence-corrected chi connectivity index (χ2v) is 4.49. The van der Waals surface area contributed by atoms with E-state index in [4.69, 9.17) is 4.42 Å². The first kappa shape index (κ1) is 12.0. The van der Waals surface area contributed by atoms with Crippen LogP contribution in [0.3, 0.4) is 0 Å². The molecule has 2 aromatic carbocycles. The first-order valence-electron chi connectivity index (χ1n) is 5.57. The summed E-state index contributed by atoms with van der Waals surface area (Å²) in [5, 5.41) is -0.732. The zero-order valence-corrected chi connectivity index (χ0v) is 10.1. The molecule has 0 spiro atoms. The smallest absolute Gasteiger partial charge is 0.170 e. The van der Waals surface area contributed by atoms with Crippen molar-refractivity contribution in [1.29, 1.82) is 0 Å². The summed E-state index contributed by atoms with van der Waals surface area (Å²) in [7, 11) is 0. The molecule has 1 heterocycles. The van der Waals surface area contributed by atoms with Crippen LogP contribution in [0.1, 0.15) is 11.1 Å². The lowest BCUT2D eigenvalue weighted by atomic mass is 10.1. The van der Waals surface area contributed by atoms with Gasteiger partial charge in [0.05, 0.1) is 10.8 Å². The number of fused-ring (bicyclic) bond motifs is 3. The predicted molar refractivity (Wildman–Crippen MR) is 63.0 cm³/mol. The van der Waals surface area contributed by atoms with Crippen molar-refractivity contribution in [1.82, 2.24) is 0 Å². The van der Waals surface area contributed by atoms with E-state index in [0.717, 1.165) is 0 Å². The van der Waals surface area contributed by atoms with E-state index in [9.17, 15) is 17.6 Å². The van der Waals surface area contributed by atoms with Gasteiger partial charge in [-0.1, -0.05) is 0 Å². The molecule has 0 fully saturated rings. The summed E-state index contributed by atoms with van der Waals surface area (Å²) in [6.45, 7) is 2.74. The second kappa shape index (κ2) is 3.73. The molecule has 1 nitrogen and oxygen atoms in total. The van der Waals surface area contributed by atoms with E-state index in [1.807, 2.05) is 0 Å². The monoisotopic (exact) mass is 268 g/mol. The molecule has 5 heteroatoms. The average Bonchev–Trinajstić information content (AvgIpc) is 2.71. The van der Waals surface area contributed by atoms with Gasteiger partial charge in [0.15, 0.2) is 23.3 Å². The molecule has 0 N–H and O–H groups in total. The van der Waals surface area contributed by atoms with Crippen molar-refractivity contribution >= 4 is 21.9 Å². The molecule has 0 atom stereocenters. The molecule has 3 aromatic rings. The van der Waals surface area contributed by atoms with E-state index in [2.05, 4.69) is 0 Å². The average molecular weight is 268 g/mol. The zero-order valence-electron chi connectivity index (χ0n) is 10.1. The minimum Gasteiger partial charge on any atom is -0.456 e. The van der Waals surface area contributed by atoms with Crippen LogP contribution in [0.5, 0.6) is 0 Å². The Bertz CT molecular complexity index is 765. The number of benzene rings is 2. The highest BCUT2D eigenvalue weighted by Crippen LogP contribution is 2.36. The van der Waals surface area contributed by atoms with Crippen molar-refractivity contribution in [2.75, 3.05) is 0 Å². The molecule has 0 aliphatic carbocycles. The van der Waals surface area contributed by atoms with Crippen LogP contribution >= 0.6 is 0 Å². The molecule has 0 unspecified atom stereocenters. The number of rotatable bonds is 0. The van der Waals surface area contributed by atoms with Crippen LogP contribution in [0.25, 0.3) is 21.9 Å². The second-order valence-electron chi connectivity index (χ2n) is 4.49. The van der Waals surface area contributed by atoms with Crippen molar-refractivity contribution in [3.05, 3.63) is 46.5 Å². The van der Waals surface area contributed by atoms with Crippen LogP contribution < -0.4 is 0 Å². The Hall–Kier alpha value is -2.04. The maximum absolute atomic E-state index is 13.9. The number of aryl methyl sites for hydroxylation is 2. The van der Waals surface area contributed by atoms with Gasteiger partial charge in [-0.3, -0.25) is 0 Å². The van der Waals surface area contributed by atoms with Gasteiger partial charge in [0.25, 0.3) is 0 Å². The normalized spacial score (nSPS) is 11.7. The third-order valence-electron chi connectivity index (χ3n) is 3.17. The standard InChI is InChI=1S/C14H8F4O/c1-5-3-7-9(13(17)11(5)15)10-8(19-7)4-6(2)12(16)14(10)18/h3-4H,1-2H3. The Morgan fingerprint density at radius 1 is 0.684 bits per heavy atom. The summed E-state index contributed by atoms with van der Waals surface area (Å²) >= 11 is 0. The van der Waals surface area contributed by atoms with Gasteiger partial charge in [0.1, 0.15) is 11.2 Å². The molecular weight excluding hydrogens is 260 g/mol. The summed E-state index contributed by atoms with van der Waals surface area (Å²) in [5.74, 6) is -4.63. The van der Waals surface area contributed by atoms with Crippen LogP contribution in [0, 0.1) is 37.1 Å². The minimum absolute atomic E-state index is 0.00435. The van der Waals surface area contributed by atoms with E-state index < -0.39 is 23.3 Å². The van der Waals surface area contributed by atoms with E-state index in [1.54, 1.807) is 0 Å². The van der Waals surface area contributed by atoms with Crippen LogP contribution in [0.2, 0.25) is 0 Å². The molecule has 0 aliphatic rings. The SMILES string of the molecule is Cc1cc2oc3cc(C)c(F)c(F)c3c2c(F)c1F. The van der Waals surface area contributed by atoms with Gasteiger partial charge in [0, 0.05) is 0 Å². The fourth-order valence-corrected chi connectivity index (χ4v) is 2.19. The first-order valence-corrected chi connectivity index (χ1v) is 5.57. The van der Waals surface area contributed by atoms with Gasteiger partial charge >= 0.3 is 0 Å². The Morgan fingerprint density at radius 2 is 1.05 bits per heavy atom. The highest BCUT2D eigenvalue weighted by atomic mass is 19.2. The van der Waals surface area contributed by atoms with E-state index in [0.29, 0.717) is 0 Å². The number of halogens is 4. The summed E-state index contributed by atoms with van der Waals surface area (Å²) in [6.07, 6.45) is 0. The van der Waals surface area contributed by atoms with Crippen LogP contribution in [0.4, 0.5) is 17.6 Å².